The van der Waals surface area contributed by atoms with Crippen molar-refractivity contribution in [1.29, 1.82) is 0 Å². The average Bonchev–Trinajstić information content (AvgIpc) is 3.13. The molecule has 3 rings (SSSR count). The smallest absolute Gasteiger partial charge is 0.255 e. The quantitative estimate of drug-likeness (QED) is 0.892. The third-order valence-corrected chi connectivity index (χ3v) is 6.86. The SMILES string of the molecule is Cc1ccc(C(=O)Nc2cccc(S(=O)(=O)C3CCCC3)c2)cc1F. The lowest BCUT2D eigenvalue weighted by Crippen LogP contribution is -2.18. The van der Waals surface area contributed by atoms with Gasteiger partial charge in [0.1, 0.15) is 5.82 Å². The lowest BCUT2D eigenvalue weighted by molar-refractivity contribution is 0.102. The van der Waals surface area contributed by atoms with Gasteiger partial charge in [0.25, 0.3) is 5.91 Å². The van der Waals surface area contributed by atoms with Crippen LogP contribution in [-0.4, -0.2) is 19.6 Å². The fourth-order valence-electron chi connectivity index (χ4n) is 3.08. The Kier molecular flexibility index (Phi) is 4.90. The molecule has 0 unspecified atom stereocenters. The summed E-state index contributed by atoms with van der Waals surface area (Å²) in [6.45, 7) is 1.62. The van der Waals surface area contributed by atoms with Gasteiger partial charge in [-0.15, -0.1) is 0 Å². The summed E-state index contributed by atoms with van der Waals surface area (Å²) in [4.78, 5) is 12.5. The second-order valence-electron chi connectivity index (χ2n) is 6.40. The van der Waals surface area contributed by atoms with Crippen molar-refractivity contribution < 1.29 is 17.6 Å². The van der Waals surface area contributed by atoms with Crippen LogP contribution in [-0.2, 0) is 9.84 Å². The van der Waals surface area contributed by atoms with Gasteiger partial charge >= 0.3 is 0 Å². The van der Waals surface area contributed by atoms with Crippen molar-refractivity contribution >= 4 is 21.4 Å². The van der Waals surface area contributed by atoms with Crippen LogP contribution in [0.5, 0.6) is 0 Å². The van der Waals surface area contributed by atoms with E-state index in [2.05, 4.69) is 5.32 Å². The molecule has 1 fully saturated rings. The Morgan fingerprint density at radius 3 is 2.52 bits per heavy atom. The number of hydrogen-bond acceptors (Lipinski definition) is 3. The number of sulfone groups is 1. The molecular formula is C19H20FNO3S. The summed E-state index contributed by atoms with van der Waals surface area (Å²) >= 11 is 0. The maximum atomic E-state index is 13.6. The lowest BCUT2D eigenvalue weighted by Gasteiger charge is -2.13. The standard InChI is InChI=1S/C19H20FNO3S/c1-13-9-10-14(11-18(13)20)19(22)21-15-5-4-8-17(12-15)25(23,24)16-6-2-3-7-16/h4-5,8-12,16H,2-3,6-7H2,1H3,(H,21,22). The molecule has 1 N–H and O–H groups in total. The molecule has 1 saturated carbocycles. The number of carbonyl (C=O) groups is 1. The van der Waals surface area contributed by atoms with Crippen LogP contribution in [0.3, 0.4) is 0 Å². The second-order valence-corrected chi connectivity index (χ2v) is 8.63. The van der Waals surface area contributed by atoms with Gasteiger partial charge in [0.15, 0.2) is 9.84 Å². The zero-order valence-corrected chi connectivity index (χ0v) is 14.8. The van der Waals surface area contributed by atoms with Crippen molar-refractivity contribution in [2.45, 2.75) is 42.8 Å². The molecule has 0 atom stereocenters. The summed E-state index contributed by atoms with van der Waals surface area (Å²) in [7, 11) is -3.39. The summed E-state index contributed by atoms with van der Waals surface area (Å²) < 4.78 is 38.9. The van der Waals surface area contributed by atoms with E-state index >= 15 is 0 Å². The summed E-state index contributed by atoms with van der Waals surface area (Å²) in [5.41, 5.74) is 1.03. The minimum Gasteiger partial charge on any atom is -0.322 e. The number of benzene rings is 2. The summed E-state index contributed by atoms with van der Waals surface area (Å²) in [6.07, 6.45) is 3.22. The fraction of sp³-hybridized carbons (Fsp3) is 0.316. The van der Waals surface area contributed by atoms with E-state index in [1.54, 1.807) is 25.1 Å². The van der Waals surface area contributed by atoms with Crippen LogP contribution in [0.25, 0.3) is 0 Å². The highest BCUT2D eigenvalue weighted by atomic mass is 32.2. The maximum absolute atomic E-state index is 13.6. The Balaban J connectivity index is 1.82. The van der Waals surface area contributed by atoms with Crippen LogP contribution in [0.15, 0.2) is 47.4 Å². The molecule has 1 aliphatic carbocycles. The zero-order valence-electron chi connectivity index (χ0n) is 14.0. The molecule has 1 amide bonds. The molecule has 0 saturated heterocycles. The van der Waals surface area contributed by atoms with Crippen LogP contribution in [0.4, 0.5) is 10.1 Å². The first-order chi connectivity index (χ1) is 11.9. The van der Waals surface area contributed by atoms with Gasteiger partial charge in [-0.3, -0.25) is 4.79 Å². The minimum absolute atomic E-state index is 0.187. The Hall–Kier alpha value is -2.21. The van der Waals surface area contributed by atoms with E-state index in [4.69, 9.17) is 0 Å². The first-order valence-electron chi connectivity index (χ1n) is 8.29. The maximum Gasteiger partial charge on any atom is 0.255 e. The molecule has 0 radical (unpaired) electrons. The highest BCUT2D eigenvalue weighted by molar-refractivity contribution is 7.92. The minimum atomic E-state index is -3.39. The van der Waals surface area contributed by atoms with Crippen molar-refractivity contribution in [1.82, 2.24) is 0 Å². The molecule has 0 spiro atoms. The van der Waals surface area contributed by atoms with Gasteiger partial charge in [-0.1, -0.05) is 25.0 Å². The number of hydrogen-bond donors (Lipinski definition) is 1. The van der Waals surface area contributed by atoms with Crippen molar-refractivity contribution in [3.63, 3.8) is 0 Å². The van der Waals surface area contributed by atoms with Gasteiger partial charge in [0.2, 0.25) is 0 Å². The van der Waals surface area contributed by atoms with E-state index in [0.29, 0.717) is 24.1 Å². The molecule has 0 aromatic heterocycles. The first kappa shape index (κ1) is 17.6. The van der Waals surface area contributed by atoms with E-state index < -0.39 is 21.6 Å². The van der Waals surface area contributed by atoms with Crippen molar-refractivity contribution in [3.8, 4) is 0 Å². The van der Waals surface area contributed by atoms with Crippen LogP contribution in [0.1, 0.15) is 41.6 Å². The van der Waals surface area contributed by atoms with Gasteiger partial charge in [0.05, 0.1) is 10.1 Å². The van der Waals surface area contributed by atoms with Gasteiger partial charge in [0, 0.05) is 11.3 Å². The summed E-state index contributed by atoms with van der Waals surface area (Å²) in [5, 5.41) is 2.29. The molecule has 4 nitrogen and oxygen atoms in total. The van der Waals surface area contributed by atoms with E-state index in [9.17, 15) is 17.6 Å². The molecule has 1 aliphatic rings. The van der Waals surface area contributed by atoms with Gasteiger partial charge in [-0.25, -0.2) is 12.8 Å². The highest BCUT2D eigenvalue weighted by Crippen LogP contribution is 2.30. The molecule has 2 aromatic carbocycles. The van der Waals surface area contributed by atoms with Gasteiger partial charge in [-0.2, -0.15) is 0 Å². The molecule has 25 heavy (non-hydrogen) atoms. The van der Waals surface area contributed by atoms with E-state index in [-0.39, 0.29) is 15.7 Å². The average molecular weight is 361 g/mol. The first-order valence-corrected chi connectivity index (χ1v) is 9.84. The molecule has 6 heteroatoms. The Morgan fingerprint density at radius 1 is 1.12 bits per heavy atom. The normalized spacial score (nSPS) is 15.3. The van der Waals surface area contributed by atoms with Crippen molar-refractivity contribution in [2.75, 3.05) is 5.32 Å². The van der Waals surface area contributed by atoms with Crippen LogP contribution >= 0.6 is 0 Å². The van der Waals surface area contributed by atoms with Crippen LogP contribution in [0.2, 0.25) is 0 Å². The molecule has 0 bridgehead atoms. The number of aryl methyl sites for hydroxylation is 1. The number of carbonyl (C=O) groups excluding carboxylic acids is 1. The number of nitrogens with one attached hydrogen (secondary N) is 1. The monoisotopic (exact) mass is 361 g/mol. The van der Waals surface area contributed by atoms with Gasteiger partial charge < -0.3 is 5.32 Å². The molecule has 0 aliphatic heterocycles. The number of halogens is 1. The Morgan fingerprint density at radius 2 is 1.84 bits per heavy atom. The fourth-order valence-corrected chi connectivity index (χ4v) is 4.98. The predicted molar refractivity (Wildman–Crippen MR) is 95.0 cm³/mol. The number of amides is 1. The van der Waals surface area contributed by atoms with E-state index in [1.165, 1.54) is 24.3 Å². The molecular weight excluding hydrogens is 341 g/mol. The molecule has 2 aromatic rings. The largest absolute Gasteiger partial charge is 0.322 e. The predicted octanol–water partition coefficient (Wildman–Crippen LogP) is 4.10. The second kappa shape index (κ2) is 6.96. The molecule has 0 heterocycles. The van der Waals surface area contributed by atoms with E-state index in [1.807, 2.05) is 0 Å². The number of anilines is 1. The third kappa shape index (κ3) is 3.74. The Bertz CT molecular complexity index is 903. The lowest BCUT2D eigenvalue weighted by atomic mass is 10.1. The van der Waals surface area contributed by atoms with Crippen LogP contribution < -0.4 is 5.32 Å². The zero-order chi connectivity index (χ0) is 18.0. The topological polar surface area (TPSA) is 63.2 Å². The summed E-state index contributed by atoms with van der Waals surface area (Å²) in [6, 6.07) is 10.5. The molecule has 132 valence electrons. The van der Waals surface area contributed by atoms with Gasteiger partial charge in [-0.05, 0) is 55.7 Å². The summed E-state index contributed by atoms with van der Waals surface area (Å²) in [5.74, 6) is -0.931. The van der Waals surface area contributed by atoms with E-state index in [0.717, 1.165) is 12.8 Å². The Labute approximate surface area is 147 Å². The highest BCUT2D eigenvalue weighted by Gasteiger charge is 2.30. The van der Waals surface area contributed by atoms with Crippen molar-refractivity contribution in [2.24, 2.45) is 0 Å². The van der Waals surface area contributed by atoms with Crippen molar-refractivity contribution in [3.05, 3.63) is 59.4 Å². The third-order valence-electron chi connectivity index (χ3n) is 4.60. The van der Waals surface area contributed by atoms with Crippen LogP contribution in [0, 0.1) is 12.7 Å². The number of rotatable bonds is 4.